The van der Waals surface area contributed by atoms with Crippen molar-refractivity contribution in [2.45, 2.75) is 70.6 Å². The van der Waals surface area contributed by atoms with E-state index < -0.39 is 0 Å². The van der Waals surface area contributed by atoms with Gasteiger partial charge in [0.1, 0.15) is 0 Å². The van der Waals surface area contributed by atoms with Crippen molar-refractivity contribution in [1.82, 2.24) is 30.2 Å². The molecule has 2 fully saturated rings. The largest absolute Gasteiger partial charge is 0.377 e. The highest BCUT2D eigenvalue weighted by Crippen LogP contribution is 2.30. The van der Waals surface area contributed by atoms with Gasteiger partial charge in [-0.1, -0.05) is 30.6 Å². The average molecular weight is 481 g/mol. The van der Waals surface area contributed by atoms with Gasteiger partial charge in [0.25, 0.3) is 0 Å². The van der Waals surface area contributed by atoms with Gasteiger partial charge < -0.3 is 20.7 Å². The van der Waals surface area contributed by atoms with Gasteiger partial charge in [-0.15, -0.1) is 0 Å². The number of ether oxygens (including phenoxy) is 1. The van der Waals surface area contributed by atoms with E-state index in [1.165, 1.54) is 32.1 Å². The third-order valence-corrected chi connectivity index (χ3v) is 7.13. The molecule has 1 atom stereocenters. The van der Waals surface area contributed by atoms with E-state index in [0.717, 1.165) is 53.1 Å². The molecule has 0 spiro atoms. The number of nitrogens with zero attached hydrogens (tertiary/aromatic N) is 5. The third-order valence-electron chi connectivity index (χ3n) is 6.19. The van der Waals surface area contributed by atoms with Crippen LogP contribution in [0.3, 0.4) is 0 Å². The quantitative estimate of drug-likeness (QED) is 0.409. The highest BCUT2D eigenvalue weighted by Gasteiger charge is 2.16. The lowest BCUT2D eigenvalue weighted by molar-refractivity contribution is 0.110. The van der Waals surface area contributed by atoms with Gasteiger partial charge in [0, 0.05) is 37.6 Å². The molecule has 0 radical (unpaired) electrons. The molecule has 0 bridgehead atoms. The zero-order valence-corrected chi connectivity index (χ0v) is 20.4. The highest BCUT2D eigenvalue weighted by atomic mass is 32.1. The Morgan fingerprint density at radius 3 is 2.71 bits per heavy atom. The average Bonchev–Trinajstić information content (AvgIpc) is 3.53. The molecule has 1 saturated heterocycles. The van der Waals surface area contributed by atoms with Crippen molar-refractivity contribution >= 4 is 28.2 Å². The van der Waals surface area contributed by atoms with Crippen LogP contribution in [0.2, 0.25) is 0 Å². The van der Waals surface area contributed by atoms with E-state index in [9.17, 15) is 0 Å². The van der Waals surface area contributed by atoms with Crippen LogP contribution >= 0.6 is 11.3 Å². The Morgan fingerprint density at radius 1 is 1.00 bits per heavy atom. The Hall–Kier alpha value is -2.69. The van der Waals surface area contributed by atoms with Crippen molar-refractivity contribution in [1.29, 1.82) is 0 Å². The molecule has 0 aromatic carbocycles. The summed E-state index contributed by atoms with van der Waals surface area (Å²) in [6, 6.07) is 2.47. The summed E-state index contributed by atoms with van der Waals surface area (Å²) < 4.78 is 5.63. The molecule has 5 rings (SSSR count). The summed E-state index contributed by atoms with van der Waals surface area (Å²) in [5.41, 5.74) is 2.73. The molecule has 1 unspecified atom stereocenters. The molecule has 1 saturated carbocycles. The Balaban J connectivity index is 1.17. The van der Waals surface area contributed by atoms with Crippen molar-refractivity contribution in [2.75, 3.05) is 23.8 Å². The number of hydrogen-bond acceptors (Lipinski definition) is 10. The van der Waals surface area contributed by atoms with E-state index in [0.29, 0.717) is 30.5 Å². The molecular weight excluding hydrogens is 448 g/mol. The lowest BCUT2D eigenvalue weighted by Gasteiger charge is -2.22. The van der Waals surface area contributed by atoms with E-state index in [-0.39, 0.29) is 0 Å². The van der Waals surface area contributed by atoms with Crippen molar-refractivity contribution in [3.05, 3.63) is 36.0 Å². The van der Waals surface area contributed by atoms with Crippen LogP contribution in [-0.2, 0) is 11.3 Å². The van der Waals surface area contributed by atoms with Crippen LogP contribution in [0.4, 0.5) is 16.9 Å². The number of nitrogens with one attached hydrogen (secondary N) is 3. The van der Waals surface area contributed by atoms with Crippen LogP contribution in [0.25, 0.3) is 10.6 Å². The first-order chi connectivity index (χ1) is 16.7. The minimum atomic E-state index is 0.325. The van der Waals surface area contributed by atoms with Gasteiger partial charge in [-0.05, 0) is 38.7 Å². The van der Waals surface area contributed by atoms with Gasteiger partial charge in [-0.25, -0.2) is 19.9 Å². The fourth-order valence-electron chi connectivity index (χ4n) is 4.43. The summed E-state index contributed by atoms with van der Waals surface area (Å²) >= 11 is 1.54. The molecule has 34 heavy (non-hydrogen) atoms. The predicted molar refractivity (Wildman–Crippen MR) is 134 cm³/mol. The Labute approximate surface area is 204 Å². The molecule has 180 valence electrons. The zero-order chi connectivity index (χ0) is 23.2. The molecule has 1 aliphatic carbocycles. The van der Waals surface area contributed by atoms with Gasteiger partial charge in [-0.3, -0.25) is 4.98 Å². The molecule has 2 aliphatic rings. The van der Waals surface area contributed by atoms with E-state index in [1.807, 2.05) is 19.2 Å². The molecule has 3 N–H and O–H groups in total. The molecule has 3 aromatic heterocycles. The fourth-order valence-corrected chi connectivity index (χ4v) is 5.21. The number of thiazole rings is 1. The van der Waals surface area contributed by atoms with Crippen molar-refractivity contribution < 1.29 is 4.74 Å². The Bertz CT molecular complexity index is 1060. The van der Waals surface area contributed by atoms with E-state index in [4.69, 9.17) is 9.72 Å². The number of anilines is 3. The lowest BCUT2D eigenvalue weighted by Crippen LogP contribution is -2.26. The summed E-state index contributed by atoms with van der Waals surface area (Å²) in [7, 11) is 0. The van der Waals surface area contributed by atoms with E-state index >= 15 is 0 Å². The maximum absolute atomic E-state index is 5.63. The van der Waals surface area contributed by atoms with Crippen LogP contribution < -0.4 is 16.0 Å². The minimum absolute atomic E-state index is 0.325. The topological polar surface area (TPSA) is 110 Å². The first kappa shape index (κ1) is 23.1. The van der Waals surface area contributed by atoms with E-state index in [2.05, 4.69) is 35.9 Å². The summed E-state index contributed by atoms with van der Waals surface area (Å²) in [5, 5.41) is 10.9. The minimum Gasteiger partial charge on any atom is -0.377 e. The van der Waals surface area contributed by atoms with Crippen LogP contribution in [0.1, 0.15) is 56.3 Å². The Morgan fingerprint density at radius 2 is 1.91 bits per heavy atom. The first-order valence-corrected chi connectivity index (χ1v) is 13.0. The first-order valence-electron chi connectivity index (χ1n) is 12.2. The molecule has 4 heterocycles. The molecule has 0 amide bonds. The number of rotatable bonds is 9. The summed E-state index contributed by atoms with van der Waals surface area (Å²) in [6.45, 7) is 4.41. The van der Waals surface area contributed by atoms with Crippen LogP contribution in [0.5, 0.6) is 0 Å². The van der Waals surface area contributed by atoms with Gasteiger partial charge in [0.15, 0.2) is 10.9 Å². The third kappa shape index (κ3) is 6.25. The molecule has 3 aromatic rings. The Kier molecular flexibility index (Phi) is 7.57. The van der Waals surface area contributed by atoms with Crippen LogP contribution in [0, 0.1) is 6.92 Å². The van der Waals surface area contributed by atoms with Crippen LogP contribution in [-0.4, -0.2) is 50.2 Å². The molecule has 9 nitrogen and oxygen atoms in total. The van der Waals surface area contributed by atoms with Gasteiger partial charge in [0.05, 0.1) is 34.8 Å². The number of hydrogen-bond donors (Lipinski definition) is 3. The summed E-state index contributed by atoms with van der Waals surface area (Å²) in [5.74, 6) is 1.38. The zero-order valence-electron chi connectivity index (χ0n) is 19.6. The monoisotopic (exact) mass is 480 g/mol. The second-order valence-electron chi connectivity index (χ2n) is 9.01. The maximum atomic E-state index is 5.63. The van der Waals surface area contributed by atoms with Crippen LogP contribution in [0.15, 0.2) is 24.7 Å². The summed E-state index contributed by atoms with van der Waals surface area (Å²) in [6.07, 6.45) is 14.2. The van der Waals surface area contributed by atoms with Gasteiger partial charge in [-0.2, -0.15) is 0 Å². The second-order valence-corrected chi connectivity index (χ2v) is 10.0. The SMILES string of the molecule is Cc1cc(-c2cnc(Nc3cnc(CNCC4CCCO4)cn3)s2)nc(NC2CCCCC2)n1. The highest BCUT2D eigenvalue weighted by molar-refractivity contribution is 7.18. The van der Waals surface area contributed by atoms with Crippen molar-refractivity contribution in [3.63, 3.8) is 0 Å². The fraction of sp³-hybridized carbons (Fsp3) is 0.542. The number of aromatic nitrogens is 5. The van der Waals surface area contributed by atoms with E-state index in [1.54, 1.807) is 23.7 Å². The normalized spacial score (nSPS) is 18.8. The van der Waals surface area contributed by atoms with Gasteiger partial charge in [0.2, 0.25) is 5.95 Å². The molecular formula is C24H32N8OS. The molecule has 1 aliphatic heterocycles. The predicted octanol–water partition coefficient (Wildman–Crippen LogP) is 4.46. The number of aryl methyl sites for hydroxylation is 1. The lowest BCUT2D eigenvalue weighted by atomic mass is 9.96. The van der Waals surface area contributed by atoms with Gasteiger partial charge >= 0.3 is 0 Å². The van der Waals surface area contributed by atoms with Crippen molar-refractivity contribution in [2.24, 2.45) is 0 Å². The van der Waals surface area contributed by atoms with Crippen molar-refractivity contribution in [3.8, 4) is 10.6 Å². The smallest absolute Gasteiger partial charge is 0.223 e. The second kappa shape index (κ2) is 11.2. The standard InChI is InChI=1S/C24H32N8OS/c1-16-10-20(31-23(29-16)30-17-6-3-2-4-7-17)21-14-28-24(34-21)32-22-15-26-18(12-27-22)11-25-13-19-8-5-9-33-19/h10,12,14-15,17,19,25H,2-9,11,13H2,1H3,(H,27,28,32)(H,29,30,31). The maximum Gasteiger partial charge on any atom is 0.223 e. The molecule has 10 heteroatoms. The summed E-state index contributed by atoms with van der Waals surface area (Å²) in [4.78, 5) is 23.8.